The lowest BCUT2D eigenvalue weighted by Crippen LogP contribution is -2.38. The molecule has 1 aromatic carbocycles. The first kappa shape index (κ1) is 11.2. The summed E-state index contributed by atoms with van der Waals surface area (Å²) in [6.07, 6.45) is 3.82. The summed E-state index contributed by atoms with van der Waals surface area (Å²) in [4.78, 5) is 0. The second-order valence-electron chi connectivity index (χ2n) is 5.26. The molecule has 17 heavy (non-hydrogen) atoms. The van der Waals surface area contributed by atoms with Crippen molar-refractivity contribution in [3.8, 4) is 0 Å². The zero-order valence-electron chi connectivity index (χ0n) is 10.3. The Bertz CT molecular complexity index is 345. The highest BCUT2D eigenvalue weighted by Gasteiger charge is 2.34. The molecule has 2 fully saturated rings. The van der Waals surface area contributed by atoms with Gasteiger partial charge >= 0.3 is 0 Å². The van der Waals surface area contributed by atoms with E-state index < -0.39 is 0 Å². The van der Waals surface area contributed by atoms with Crippen LogP contribution in [0.4, 0.5) is 0 Å². The van der Waals surface area contributed by atoms with Gasteiger partial charge in [-0.3, -0.25) is 0 Å². The van der Waals surface area contributed by atoms with E-state index in [1.807, 2.05) is 0 Å². The Labute approximate surface area is 103 Å². The minimum atomic E-state index is 0.623. The molecule has 0 saturated carbocycles. The van der Waals surface area contributed by atoms with Crippen molar-refractivity contribution in [3.05, 3.63) is 35.9 Å². The van der Waals surface area contributed by atoms with E-state index in [0.29, 0.717) is 17.9 Å². The van der Waals surface area contributed by atoms with Crippen molar-refractivity contribution in [2.24, 2.45) is 5.92 Å². The molecule has 1 aromatic rings. The van der Waals surface area contributed by atoms with Crippen molar-refractivity contribution >= 4 is 0 Å². The first-order valence-electron chi connectivity index (χ1n) is 6.81. The summed E-state index contributed by atoms with van der Waals surface area (Å²) in [5.41, 5.74) is 1.49. The van der Waals surface area contributed by atoms with Crippen molar-refractivity contribution < 1.29 is 4.74 Å². The van der Waals surface area contributed by atoms with Crippen LogP contribution in [0.5, 0.6) is 0 Å². The van der Waals surface area contributed by atoms with Crippen LogP contribution in [-0.4, -0.2) is 25.8 Å². The van der Waals surface area contributed by atoms with Crippen LogP contribution in [0.25, 0.3) is 0 Å². The molecule has 0 spiro atoms. The first-order chi connectivity index (χ1) is 8.45. The predicted molar refractivity (Wildman–Crippen MR) is 69.1 cm³/mol. The van der Waals surface area contributed by atoms with E-state index in [2.05, 4.69) is 35.6 Å². The quantitative estimate of drug-likeness (QED) is 0.844. The lowest BCUT2D eigenvalue weighted by molar-refractivity contribution is 0.0397. The molecule has 2 heterocycles. The van der Waals surface area contributed by atoms with Crippen molar-refractivity contribution in [3.63, 3.8) is 0 Å². The van der Waals surface area contributed by atoms with Gasteiger partial charge in [0.1, 0.15) is 0 Å². The topological polar surface area (TPSA) is 21.3 Å². The maximum absolute atomic E-state index is 5.64. The average Bonchev–Trinajstić information content (AvgIpc) is 2.90. The van der Waals surface area contributed by atoms with Crippen LogP contribution in [0.15, 0.2) is 30.3 Å². The maximum atomic E-state index is 5.64. The van der Waals surface area contributed by atoms with E-state index in [0.717, 1.165) is 19.8 Å². The molecular formula is C15H21NO. The number of ether oxygens (including phenoxy) is 1. The van der Waals surface area contributed by atoms with Crippen LogP contribution >= 0.6 is 0 Å². The Morgan fingerprint density at radius 1 is 1.12 bits per heavy atom. The van der Waals surface area contributed by atoms with Gasteiger partial charge in [-0.1, -0.05) is 30.3 Å². The van der Waals surface area contributed by atoms with Crippen molar-refractivity contribution in [1.82, 2.24) is 5.32 Å². The summed E-state index contributed by atoms with van der Waals surface area (Å²) < 4.78 is 5.64. The van der Waals surface area contributed by atoms with Gasteiger partial charge in [0.25, 0.3) is 0 Å². The number of rotatable bonds is 2. The molecule has 2 saturated heterocycles. The summed E-state index contributed by atoms with van der Waals surface area (Å²) in [6, 6.07) is 11.6. The molecule has 2 nitrogen and oxygen atoms in total. The minimum Gasteiger partial charge on any atom is -0.381 e. The zero-order valence-corrected chi connectivity index (χ0v) is 10.3. The molecule has 0 aliphatic carbocycles. The van der Waals surface area contributed by atoms with Crippen LogP contribution in [0, 0.1) is 5.92 Å². The third-order valence-corrected chi connectivity index (χ3v) is 4.20. The molecule has 2 aliphatic heterocycles. The molecule has 3 rings (SSSR count). The predicted octanol–water partition coefficient (Wildman–Crippen LogP) is 2.56. The summed E-state index contributed by atoms with van der Waals surface area (Å²) in [6.45, 7) is 3.06. The molecule has 0 bridgehead atoms. The Hall–Kier alpha value is -0.860. The van der Waals surface area contributed by atoms with Gasteiger partial charge in [-0.2, -0.15) is 0 Å². The lowest BCUT2D eigenvalue weighted by atomic mass is 9.82. The number of hydrogen-bond donors (Lipinski definition) is 1. The van der Waals surface area contributed by atoms with Gasteiger partial charge in [0.15, 0.2) is 0 Å². The molecule has 0 radical (unpaired) electrons. The van der Waals surface area contributed by atoms with Crippen LogP contribution in [0.3, 0.4) is 0 Å². The average molecular weight is 231 g/mol. The monoisotopic (exact) mass is 231 g/mol. The van der Waals surface area contributed by atoms with Gasteiger partial charge in [0, 0.05) is 18.6 Å². The highest BCUT2D eigenvalue weighted by Crippen LogP contribution is 2.34. The third kappa shape index (κ3) is 2.38. The van der Waals surface area contributed by atoms with Gasteiger partial charge < -0.3 is 10.1 Å². The largest absolute Gasteiger partial charge is 0.381 e. The van der Waals surface area contributed by atoms with E-state index in [1.54, 1.807) is 0 Å². The van der Waals surface area contributed by atoms with Crippen LogP contribution in [0.2, 0.25) is 0 Å². The number of hydrogen-bond acceptors (Lipinski definition) is 2. The first-order valence-corrected chi connectivity index (χ1v) is 6.81. The van der Waals surface area contributed by atoms with Gasteiger partial charge in [-0.05, 0) is 37.3 Å². The summed E-state index contributed by atoms with van der Waals surface area (Å²) in [5.74, 6) is 1.39. The van der Waals surface area contributed by atoms with E-state index in [9.17, 15) is 0 Å². The van der Waals surface area contributed by atoms with Gasteiger partial charge in [-0.15, -0.1) is 0 Å². The smallest absolute Gasteiger partial charge is 0.0509 e. The summed E-state index contributed by atoms with van der Waals surface area (Å²) in [5, 5.41) is 3.69. The Morgan fingerprint density at radius 2 is 2.00 bits per heavy atom. The Morgan fingerprint density at radius 3 is 2.76 bits per heavy atom. The molecule has 1 N–H and O–H groups in total. The van der Waals surface area contributed by atoms with Gasteiger partial charge in [0.2, 0.25) is 0 Å². The molecule has 3 atom stereocenters. The fraction of sp³-hybridized carbons (Fsp3) is 0.600. The minimum absolute atomic E-state index is 0.623. The van der Waals surface area contributed by atoms with Crippen molar-refractivity contribution in [2.75, 3.05) is 19.8 Å². The van der Waals surface area contributed by atoms with Crippen LogP contribution in [0.1, 0.15) is 30.7 Å². The van der Waals surface area contributed by atoms with E-state index in [-0.39, 0.29) is 0 Å². The second kappa shape index (κ2) is 5.19. The number of nitrogens with one attached hydrogen (secondary N) is 1. The van der Waals surface area contributed by atoms with Crippen molar-refractivity contribution in [2.45, 2.75) is 31.2 Å². The molecule has 3 unspecified atom stereocenters. The van der Waals surface area contributed by atoms with E-state index >= 15 is 0 Å². The van der Waals surface area contributed by atoms with E-state index in [1.165, 1.54) is 24.8 Å². The zero-order chi connectivity index (χ0) is 11.5. The van der Waals surface area contributed by atoms with Crippen molar-refractivity contribution in [1.29, 1.82) is 0 Å². The maximum Gasteiger partial charge on any atom is 0.0509 e. The molecule has 0 amide bonds. The normalized spacial score (nSPS) is 33.8. The number of benzene rings is 1. The molecule has 0 aromatic heterocycles. The second-order valence-corrected chi connectivity index (χ2v) is 5.26. The van der Waals surface area contributed by atoms with E-state index in [4.69, 9.17) is 4.74 Å². The lowest BCUT2D eigenvalue weighted by Gasteiger charge is -2.31. The summed E-state index contributed by atoms with van der Waals surface area (Å²) in [7, 11) is 0. The SMILES string of the molecule is c1ccc(C2CCNC2C2CCCOC2)cc1. The fourth-order valence-electron chi connectivity index (χ4n) is 3.35. The Kier molecular flexibility index (Phi) is 3.44. The highest BCUT2D eigenvalue weighted by atomic mass is 16.5. The fourth-order valence-corrected chi connectivity index (χ4v) is 3.35. The van der Waals surface area contributed by atoms with Gasteiger partial charge in [-0.25, -0.2) is 0 Å². The van der Waals surface area contributed by atoms with Crippen LogP contribution < -0.4 is 5.32 Å². The molecule has 2 heteroatoms. The van der Waals surface area contributed by atoms with Gasteiger partial charge in [0.05, 0.1) is 6.61 Å². The third-order valence-electron chi connectivity index (χ3n) is 4.20. The molecular weight excluding hydrogens is 210 g/mol. The Balaban J connectivity index is 1.75. The van der Waals surface area contributed by atoms with Crippen LogP contribution in [-0.2, 0) is 4.74 Å². The summed E-state index contributed by atoms with van der Waals surface area (Å²) >= 11 is 0. The highest BCUT2D eigenvalue weighted by molar-refractivity contribution is 5.23. The standard InChI is InChI=1S/C15H21NO/c1-2-5-12(6-3-1)14-8-9-16-15(14)13-7-4-10-17-11-13/h1-3,5-6,13-16H,4,7-11H2. The molecule has 92 valence electrons. The molecule has 2 aliphatic rings.